The van der Waals surface area contributed by atoms with Gasteiger partial charge < -0.3 is 5.32 Å². The molecule has 1 amide bonds. The van der Waals surface area contributed by atoms with E-state index in [9.17, 15) is 9.59 Å². The molecule has 0 radical (unpaired) electrons. The smallest absolute Gasteiger partial charge is 0.267 e. The van der Waals surface area contributed by atoms with Crippen LogP contribution in [0.4, 0.5) is 5.82 Å². The molecule has 0 saturated carbocycles. The van der Waals surface area contributed by atoms with Crippen LogP contribution in [0.5, 0.6) is 0 Å². The van der Waals surface area contributed by atoms with Crippen molar-refractivity contribution in [3.05, 3.63) is 57.4 Å². The Morgan fingerprint density at radius 3 is 2.86 bits per heavy atom. The van der Waals surface area contributed by atoms with Gasteiger partial charge in [0.15, 0.2) is 0 Å². The lowest BCUT2D eigenvalue weighted by molar-refractivity contribution is -0.123. The van der Waals surface area contributed by atoms with Gasteiger partial charge in [0.2, 0.25) is 0 Å². The van der Waals surface area contributed by atoms with Crippen LogP contribution < -0.4 is 10.9 Å². The first kappa shape index (κ1) is 20.3. The number of nitrogens with zero attached hydrogens (tertiary/aromatic N) is 3. The van der Waals surface area contributed by atoms with Crippen molar-refractivity contribution in [2.75, 3.05) is 11.9 Å². The molecule has 0 aromatic carbocycles. The van der Waals surface area contributed by atoms with E-state index in [0.29, 0.717) is 32.8 Å². The molecule has 3 heterocycles. The Kier molecular flexibility index (Phi) is 6.00. The Morgan fingerprint density at radius 1 is 1.43 bits per heavy atom. The van der Waals surface area contributed by atoms with E-state index in [2.05, 4.69) is 16.9 Å². The van der Waals surface area contributed by atoms with Crippen molar-refractivity contribution < 1.29 is 4.79 Å². The number of carbonyl (C=O) groups excluding carboxylic acids is 1. The number of hydrogen-bond donors (Lipinski definition) is 1. The highest BCUT2D eigenvalue weighted by Crippen LogP contribution is 2.34. The summed E-state index contributed by atoms with van der Waals surface area (Å²) >= 11 is 6.60. The average Bonchev–Trinajstić information content (AvgIpc) is 2.96. The number of fused-ring (bicyclic) bond motifs is 1. The first-order valence-electron chi connectivity index (χ1n) is 9.02. The molecule has 1 fully saturated rings. The van der Waals surface area contributed by atoms with Gasteiger partial charge in [-0.05, 0) is 38.0 Å². The number of pyridine rings is 1. The minimum Gasteiger partial charge on any atom is -0.366 e. The minimum atomic E-state index is -0.242. The third-order valence-corrected chi connectivity index (χ3v) is 5.96. The van der Waals surface area contributed by atoms with E-state index in [1.807, 2.05) is 26.8 Å². The maximum atomic E-state index is 13.2. The van der Waals surface area contributed by atoms with E-state index >= 15 is 0 Å². The van der Waals surface area contributed by atoms with Crippen LogP contribution in [0.15, 0.2) is 40.7 Å². The first-order chi connectivity index (χ1) is 13.4. The summed E-state index contributed by atoms with van der Waals surface area (Å²) in [4.78, 5) is 32.7. The standard InChI is InChI=1S/C20H22N4O2S2/c1-5-9-21-16-14(18(25)23-10-7-8-12(3)17(23)22-16)11-15-19(26)24(13(4)6-2)20(27)28-15/h5,7-8,10-11,13,21H,1,6,9H2,2-4H3/b15-11-/t13-/m0/s1. The van der Waals surface area contributed by atoms with E-state index in [0.717, 1.165) is 12.0 Å². The van der Waals surface area contributed by atoms with Crippen molar-refractivity contribution in [1.29, 1.82) is 0 Å². The van der Waals surface area contributed by atoms with E-state index in [-0.39, 0.29) is 17.5 Å². The summed E-state index contributed by atoms with van der Waals surface area (Å²) in [6.45, 7) is 10.0. The fourth-order valence-electron chi connectivity index (χ4n) is 2.92. The SMILES string of the molecule is C=CCNc1nc2c(C)cccn2c(=O)c1/C=C1\SC(=S)N([C@@H](C)CC)C1=O. The lowest BCUT2D eigenvalue weighted by Gasteiger charge is -2.21. The summed E-state index contributed by atoms with van der Waals surface area (Å²) in [5.41, 5.74) is 1.54. The Hall–Kier alpha value is -2.45. The second kappa shape index (κ2) is 8.28. The summed E-state index contributed by atoms with van der Waals surface area (Å²) in [5, 5.41) is 3.11. The van der Waals surface area contributed by atoms with Crippen LogP contribution >= 0.6 is 24.0 Å². The number of carbonyl (C=O) groups is 1. The molecule has 2 aromatic heterocycles. The van der Waals surface area contributed by atoms with E-state index in [4.69, 9.17) is 12.2 Å². The molecule has 1 aliphatic heterocycles. The van der Waals surface area contributed by atoms with Crippen molar-refractivity contribution >= 4 is 51.7 Å². The van der Waals surface area contributed by atoms with E-state index < -0.39 is 0 Å². The fourth-order valence-corrected chi connectivity index (χ4v) is 4.36. The van der Waals surface area contributed by atoms with Gasteiger partial charge in [0.05, 0.1) is 10.5 Å². The van der Waals surface area contributed by atoms with E-state index in [1.165, 1.54) is 16.2 Å². The van der Waals surface area contributed by atoms with Gasteiger partial charge in [-0.15, -0.1) is 6.58 Å². The predicted molar refractivity (Wildman–Crippen MR) is 120 cm³/mol. The molecular formula is C20H22N4O2S2. The lowest BCUT2D eigenvalue weighted by Crippen LogP contribution is -2.36. The second-order valence-electron chi connectivity index (χ2n) is 6.54. The lowest BCUT2D eigenvalue weighted by atomic mass is 10.2. The maximum absolute atomic E-state index is 13.2. The van der Waals surface area contributed by atoms with Crippen molar-refractivity contribution in [3.8, 4) is 0 Å². The van der Waals surface area contributed by atoms with Gasteiger partial charge in [-0.25, -0.2) is 4.98 Å². The van der Waals surface area contributed by atoms with Crippen LogP contribution in [-0.4, -0.2) is 37.1 Å². The molecule has 0 spiro atoms. The zero-order valence-corrected chi connectivity index (χ0v) is 17.7. The number of thioether (sulfide) groups is 1. The third-order valence-electron chi connectivity index (χ3n) is 4.63. The summed E-state index contributed by atoms with van der Waals surface area (Å²) in [5.74, 6) is 0.251. The first-order valence-corrected chi connectivity index (χ1v) is 10.2. The number of rotatable bonds is 6. The van der Waals surface area contributed by atoms with Crippen LogP contribution in [0.2, 0.25) is 0 Å². The normalized spacial score (nSPS) is 16.8. The van der Waals surface area contributed by atoms with Gasteiger partial charge in [-0.3, -0.25) is 18.9 Å². The molecule has 3 rings (SSSR count). The minimum absolute atomic E-state index is 0.00948. The average molecular weight is 415 g/mol. The predicted octanol–water partition coefficient (Wildman–Crippen LogP) is 3.60. The Bertz CT molecular complexity index is 1060. The van der Waals surface area contributed by atoms with Crippen molar-refractivity contribution in [2.24, 2.45) is 0 Å². The monoisotopic (exact) mass is 414 g/mol. The quantitative estimate of drug-likeness (QED) is 0.443. The molecule has 1 atom stereocenters. The number of anilines is 1. The molecule has 1 aliphatic rings. The molecule has 0 bridgehead atoms. The number of nitrogens with one attached hydrogen (secondary N) is 1. The molecule has 1 saturated heterocycles. The topological polar surface area (TPSA) is 66.7 Å². The second-order valence-corrected chi connectivity index (χ2v) is 8.22. The molecule has 8 heteroatoms. The highest BCUT2D eigenvalue weighted by Gasteiger charge is 2.35. The van der Waals surface area contributed by atoms with Gasteiger partial charge in [-0.1, -0.05) is 43.0 Å². The summed E-state index contributed by atoms with van der Waals surface area (Å²) < 4.78 is 2.01. The Morgan fingerprint density at radius 2 is 2.18 bits per heavy atom. The van der Waals surface area contributed by atoms with Crippen molar-refractivity contribution in [3.63, 3.8) is 0 Å². The maximum Gasteiger partial charge on any atom is 0.267 e. The molecule has 1 N–H and O–H groups in total. The number of aryl methyl sites for hydroxylation is 1. The molecule has 6 nitrogen and oxygen atoms in total. The van der Waals surface area contributed by atoms with Crippen LogP contribution in [0, 0.1) is 6.92 Å². The van der Waals surface area contributed by atoms with Crippen molar-refractivity contribution in [2.45, 2.75) is 33.2 Å². The summed E-state index contributed by atoms with van der Waals surface area (Å²) in [6, 6.07) is 3.71. The van der Waals surface area contributed by atoms with E-state index in [1.54, 1.807) is 29.3 Å². The fraction of sp³-hybridized carbons (Fsp3) is 0.300. The number of thiocarbonyl (C=S) groups is 1. The largest absolute Gasteiger partial charge is 0.366 e. The number of aromatic nitrogens is 2. The molecule has 0 aliphatic carbocycles. The van der Waals surface area contributed by atoms with Crippen LogP contribution in [0.25, 0.3) is 11.7 Å². The number of hydrogen-bond acceptors (Lipinski definition) is 6. The zero-order valence-electron chi connectivity index (χ0n) is 16.1. The van der Waals surface area contributed by atoms with Crippen molar-refractivity contribution in [1.82, 2.24) is 14.3 Å². The van der Waals surface area contributed by atoms with Gasteiger partial charge in [0.25, 0.3) is 11.5 Å². The molecule has 0 unspecified atom stereocenters. The Labute approximate surface area is 173 Å². The van der Waals surface area contributed by atoms with Gasteiger partial charge in [0, 0.05) is 18.8 Å². The Balaban J connectivity index is 2.17. The highest BCUT2D eigenvalue weighted by atomic mass is 32.2. The van der Waals surface area contributed by atoms with Crippen LogP contribution in [0.1, 0.15) is 31.4 Å². The van der Waals surface area contributed by atoms with Crippen LogP contribution in [0.3, 0.4) is 0 Å². The third kappa shape index (κ3) is 3.62. The molecule has 146 valence electrons. The summed E-state index contributed by atoms with van der Waals surface area (Å²) in [6.07, 6.45) is 5.76. The van der Waals surface area contributed by atoms with Gasteiger partial charge >= 0.3 is 0 Å². The number of amides is 1. The zero-order chi connectivity index (χ0) is 20.4. The molecule has 2 aromatic rings. The van der Waals surface area contributed by atoms with Gasteiger partial charge in [0.1, 0.15) is 15.8 Å². The molecule has 28 heavy (non-hydrogen) atoms. The van der Waals surface area contributed by atoms with Gasteiger partial charge in [-0.2, -0.15) is 0 Å². The van der Waals surface area contributed by atoms with Crippen LogP contribution in [-0.2, 0) is 4.79 Å². The highest BCUT2D eigenvalue weighted by molar-refractivity contribution is 8.26. The molecular weight excluding hydrogens is 392 g/mol. The summed E-state index contributed by atoms with van der Waals surface area (Å²) in [7, 11) is 0.